The fraction of sp³-hybridized carbons (Fsp3) is 0.227. The van der Waals surface area contributed by atoms with E-state index in [4.69, 9.17) is 4.98 Å². The maximum absolute atomic E-state index is 13.1. The number of rotatable bonds is 7. The Bertz CT molecular complexity index is 1160. The van der Waals surface area contributed by atoms with Crippen LogP contribution in [0.25, 0.3) is 10.2 Å². The molecule has 0 saturated heterocycles. The van der Waals surface area contributed by atoms with Crippen molar-refractivity contribution in [3.05, 3.63) is 71.8 Å². The number of carbonyl (C=O) groups is 1. The van der Waals surface area contributed by atoms with Crippen molar-refractivity contribution in [3.63, 3.8) is 0 Å². The largest absolute Gasteiger partial charge is 0.285 e. The molecule has 2 aromatic carbocycles. The first-order valence-corrected chi connectivity index (χ1v) is 11.3. The topological polar surface area (TPSA) is 51.0 Å². The van der Waals surface area contributed by atoms with E-state index in [-0.39, 0.29) is 17.5 Å². The molecule has 1 amide bonds. The van der Waals surface area contributed by atoms with E-state index in [1.807, 2.05) is 19.2 Å². The summed E-state index contributed by atoms with van der Waals surface area (Å²) in [5.74, 6) is -0.0739. The van der Waals surface area contributed by atoms with Crippen molar-refractivity contribution in [1.29, 1.82) is 0 Å². The second kappa shape index (κ2) is 8.97. The molecular formula is C22H21FN4OS2. The highest BCUT2D eigenvalue weighted by Crippen LogP contribution is 2.32. The van der Waals surface area contributed by atoms with Gasteiger partial charge in [0.05, 0.1) is 22.5 Å². The third-order valence-corrected chi connectivity index (χ3v) is 6.66. The van der Waals surface area contributed by atoms with Crippen LogP contribution < -0.4 is 4.90 Å². The number of amides is 1. The predicted molar refractivity (Wildman–Crippen MR) is 121 cm³/mol. The number of carbonyl (C=O) groups excluding carboxylic acids is 1. The fourth-order valence-corrected chi connectivity index (χ4v) is 5.15. The van der Waals surface area contributed by atoms with Crippen LogP contribution in [-0.4, -0.2) is 33.0 Å². The van der Waals surface area contributed by atoms with E-state index < -0.39 is 0 Å². The Morgan fingerprint density at radius 3 is 2.77 bits per heavy atom. The molecule has 4 aromatic rings. The molecule has 2 aromatic heterocycles. The van der Waals surface area contributed by atoms with E-state index >= 15 is 0 Å². The van der Waals surface area contributed by atoms with Gasteiger partial charge in [0.25, 0.3) is 0 Å². The Balaban J connectivity index is 1.57. The molecule has 0 fully saturated rings. The second-order valence-corrected chi connectivity index (χ2v) is 9.04. The van der Waals surface area contributed by atoms with Crippen LogP contribution in [0.4, 0.5) is 9.52 Å². The third kappa shape index (κ3) is 4.71. The molecule has 0 saturated carbocycles. The molecule has 4 rings (SSSR count). The molecule has 30 heavy (non-hydrogen) atoms. The summed E-state index contributed by atoms with van der Waals surface area (Å²) in [6.45, 7) is 5.15. The van der Waals surface area contributed by atoms with Crippen LogP contribution in [0.15, 0.2) is 59.8 Å². The van der Waals surface area contributed by atoms with Gasteiger partial charge in [-0.25, -0.2) is 9.37 Å². The number of aromatic nitrogens is 3. The van der Waals surface area contributed by atoms with Gasteiger partial charge in [0.2, 0.25) is 5.91 Å². The zero-order chi connectivity index (χ0) is 21.1. The number of benzene rings is 2. The highest BCUT2D eigenvalue weighted by Gasteiger charge is 2.21. The van der Waals surface area contributed by atoms with Gasteiger partial charge in [-0.3, -0.25) is 14.4 Å². The summed E-state index contributed by atoms with van der Waals surface area (Å²) < 4.78 is 16.0. The highest BCUT2D eigenvalue weighted by atomic mass is 32.2. The number of thioether (sulfide) groups is 1. The van der Waals surface area contributed by atoms with E-state index in [2.05, 4.69) is 24.2 Å². The quantitative estimate of drug-likeness (QED) is 0.376. The third-order valence-electron chi connectivity index (χ3n) is 4.64. The molecule has 2 heterocycles. The van der Waals surface area contributed by atoms with Gasteiger partial charge in [-0.05, 0) is 61.4 Å². The van der Waals surface area contributed by atoms with Gasteiger partial charge in [-0.1, -0.05) is 17.4 Å². The Hall–Kier alpha value is -2.71. The predicted octanol–water partition coefficient (Wildman–Crippen LogP) is 5.07. The van der Waals surface area contributed by atoms with Gasteiger partial charge in [-0.15, -0.1) is 11.8 Å². The minimum absolute atomic E-state index is 0.0371. The summed E-state index contributed by atoms with van der Waals surface area (Å²) >= 11 is 2.92. The van der Waals surface area contributed by atoms with Crippen molar-refractivity contribution in [2.75, 3.05) is 17.2 Å². The second-order valence-electron chi connectivity index (χ2n) is 6.98. The Labute approximate surface area is 182 Å². The van der Waals surface area contributed by atoms with Gasteiger partial charge in [0.15, 0.2) is 5.13 Å². The molecule has 0 unspecified atom stereocenters. The average Bonchev–Trinajstić information content (AvgIpc) is 3.38. The summed E-state index contributed by atoms with van der Waals surface area (Å²) in [7, 11) is 0. The zero-order valence-electron chi connectivity index (χ0n) is 16.7. The molecule has 5 nitrogen and oxygen atoms in total. The van der Waals surface area contributed by atoms with E-state index in [0.29, 0.717) is 18.2 Å². The van der Waals surface area contributed by atoms with Crippen LogP contribution in [0.1, 0.15) is 11.1 Å². The number of hydrogen-bond donors (Lipinski definition) is 0. The molecule has 0 N–H and O–H groups in total. The molecule has 0 radical (unpaired) electrons. The lowest BCUT2D eigenvalue weighted by Gasteiger charge is -2.19. The molecule has 0 bridgehead atoms. The maximum Gasteiger partial charge on any atom is 0.239 e. The van der Waals surface area contributed by atoms with Crippen LogP contribution in [0, 0.1) is 19.7 Å². The number of aryl methyl sites for hydroxylation is 2. The number of fused-ring (bicyclic) bond motifs is 1. The van der Waals surface area contributed by atoms with E-state index in [0.717, 1.165) is 20.7 Å². The van der Waals surface area contributed by atoms with E-state index in [1.165, 1.54) is 40.8 Å². The minimum Gasteiger partial charge on any atom is -0.285 e. The molecular weight excluding hydrogens is 419 g/mol. The molecule has 0 aliphatic rings. The van der Waals surface area contributed by atoms with Gasteiger partial charge < -0.3 is 0 Å². The lowest BCUT2D eigenvalue weighted by atomic mass is 10.1. The number of nitrogens with zero attached hydrogens (tertiary/aromatic N) is 4. The van der Waals surface area contributed by atoms with Crippen molar-refractivity contribution in [2.24, 2.45) is 0 Å². The first kappa shape index (κ1) is 20.6. The molecule has 0 atom stereocenters. The highest BCUT2D eigenvalue weighted by molar-refractivity contribution is 8.00. The lowest BCUT2D eigenvalue weighted by Crippen LogP contribution is -2.35. The molecule has 154 valence electrons. The molecule has 0 aliphatic carbocycles. The minimum atomic E-state index is -0.285. The number of halogens is 1. The summed E-state index contributed by atoms with van der Waals surface area (Å²) in [4.78, 5) is 20.5. The Morgan fingerprint density at radius 1 is 1.23 bits per heavy atom. The van der Waals surface area contributed by atoms with Crippen molar-refractivity contribution in [1.82, 2.24) is 14.8 Å². The normalized spacial score (nSPS) is 11.2. The van der Waals surface area contributed by atoms with E-state index in [9.17, 15) is 9.18 Å². The van der Waals surface area contributed by atoms with E-state index in [1.54, 1.807) is 27.9 Å². The number of hydrogen-bond acceptors (Lipinski definition) is 5. The van der Waals surface area contributed by atoms with Crippen LogP contribution in [-0.2, 0) is 11.3 Å². The standard InChI is InChI=1S/C22H21FN4OS2/c1-15-12-16(2)21-19(13-15)30-22(25-21)27(11-10-26-9-3-8-24-26)20(28)14-29-18-6-4-17(23)5-7-18/h3-9,12-13H,10-11,14H2,1-2H3. The summed E-state index contributed by atoms with van der Waals surface area (Å²) in [6.07, 6.45) is 3.60. The van der Waals surface area contributed by atoms with Crippen molar-refractivity contribution in [3.8, 4) is 0 Å². The SMILES string of the molecule is Cc1cc(C)c2nc(N(CCn3cccn3)C(=O)CSc3ccc(F)cc3)sc2c1. The van der Waals surface area contributed by atoms with Gasteiger partial charge >= 0.3 is 0 Å². The van der Waals surface area contributed by atoms with Crippen molar-refractivity contribution < 1.29 is 9.18 Å². The Kier molecular flexibility index (Phi) is 6.15. The smallest absolute Gasteiger partial charge is 0.239 e. The molecule has 0 aliphatic heterocycles. The van der Waals surface area contributed by atoms with Crippen LogP contribution in [0.5, 0.6) is 0 Å². The monoisotopic (exact) mass is 440 g/mol. The lowest BCUT2D eigenvalue weighted by molar-refractivity contribution is -0.116. The zero-order valence-corrected chi connectivity index (χ0v) is 18.3. The number of thiazole rings is 1. The maximum atomic E-state index is 13.1. The van der Waals surface area contributed by atoms with Crippen molar-refractivity contribution in [2.45, 2.75) is 25.3 Å². The first-order chi connectivity index (χ1) is 14.5. The fourth-order valence-electron chi connectivity index (χ4n) is 3.19. The summed E-state index contributed by atoms with van der Waals surface area (Å²) in [5, 5.41) is 4.92. The van der Waals surface area contributed by atoms with Crippen LogP contribution in [0.3, 0.4) is 0 Å². The van der Waals surface area contributed by atoms with Gasteiger partial charge in [-0.2, -0.15) is 5.10 Å². The Morgan fingerprint density at radius 2 is 2.03 bits per heavy atom. The van der Waals surface area contributed by atoms with Crippen LogP contribution >= 0.6 is 23.1 Å². The molecule has 8 heteroatoms. The average molecular weight is 441 g/mol. The van der Waals surface area contributed by atoms with Crippen molar-refractivity contribution >= 4 is 44.4 Å². The van der Waals surface area contributed by atoms with Gasteiger partial charge in [0.1, 0.15) is 5.82 Å². The first-order valence-electron chi connectivity index (χ1n) is 9.53. The number of anilines is 1. The summed E-state index contributed by atoms with van der Waals surface area (Å²) in [6, 6.07) is 12.2. The summed E-state index contributed by atoms with van der Waals surface area (Å²) in [5.41, 5.74) is 3.22. The van der Waals surface area contributed by atoms with Crippen LogP contribution in [0.2, 0.25) is 0 Å². The molecule has 0 spiro atoms. The van der Waals surface area contributed by atoms with Gasteiger partial charge in [0, 0.05) is 23.8 Å².